The van der Waals surface area contributed by atoms with Crippen LogP contribution in [0.15, 0.2) is 0 Å². The molecule has 0 amide bonds. The van der Waals surface area contributed by atoms with Crippen LogP contribution < -0.4 is 0 Å². The van der Waals surface area contributed by atoms with Gasteiger partial charge in [0.1, 0.15) is 18.6 Å². The maximum absolute atomic E-state index is 11.5. The summed E-state index contributed by atoms with van der Waals surface area (Å²) in [5.41, 5.74) is 0. The molecule has 0 radical (unpaired) electrons. The lowest BCUT2D eigenvalue weighted by Gasteiger charge is -2.21. The van der Waals surface area contributed by atoms with Gasteiger partial charge in [-0.1, -0.05) is 12.8 Å². The first-order valence-corrected chi connectivity index (χ1v) is 10.0. The minimum absolute atomic E-state index is 0.174. The average molecular weight is 416 g/mol. The van der Waals surface area contributed by atoms with E-state index in [4.69, 9.17) is 9.47 Å². The second kappa shape index (κ2) is 12.8. The molecule has 0 aliphatic heterocycles. The molecule has 2 saturated carbocycles. The summed E-state index contributed by atoms with van der Waals surface area (Å²) in [4.78, 5) is 45.9. The van der Waals surface area contributed by atoms with Crippen LogP contribution in [0.2, 0.25) is 0 Å². The number of hydrogen-bond donors (Lipinski definition) is 0. The Bertz CT molecular complexity index is 501. The van der Waals surface area contributed by atoms with Crippen molar-refractivity contribution >= 4 is 24.2 Å². The Labute approximate surface area is 169 Å². The number of esters is 2. The molecule has 0 heterocycles. The van der Waals surface area contributed by atoms with E-state index < -0.39 is 44.3 Å². The number of ether oxygens (including phenoxy) is 6. The van der Waals surface area contributed by atoms with E-state index in [-0.39, 0.29) is 12.2 Å². The number of carbonyl (C=O) groups excluding carboxylic acids is 4. The maximum Gasteiger partial charge on any atom is 0.511 e. The molecule has 0 unspecified atom stereocenters. The van der Waals surface area contributed by atoms with Gasteiger partial charge in [-0.15, -0.1) is 0 Å². The predicted molar refractivity (Wildman–Crippen MR) is 95.4 cm³/mol. The second-order valence-electron chi connectivity index (χ2n) is 6.99. The van der Waals surface area contributed by atoms with Crippen LogP contribution in [-0.4, -0.2) is 50.0 Å². The van der Waals surface area contributed by atoms with E-state index in [1.165, 1.54) is 0 Å². The Morgan fingerprint density at radius 3 is 1.31 bits per heavy atom. The standard InChI is InChI=1S/C19H28O10/c20-16(24-12-26-18(22)28-14-7-3-1-4-8-14)11-17(21)25-13-27-19(23)29-15-9-5-2-6-10-15/h14-15H,1-13H2. The lowest BCUT2D eigenvalue weighted by Crippen LogP contribution is -2.24. The fourth-order valence-corrected chi connectivity index (χ4v) is 3.21. The highest BCUT2D eigenvalue weighted by Crippen LogP contribution is 2.21. The first kappa shape index (κ1) is 22.8. The van der Waals surface area contributed by atoms with Crippen molar-refractivity contribution in [2.75, 3.05) is 13.6 Å². The summed E-state index contributed by atoms with van der Waals surface area (Å²) in [6.07, 6.45) is 6.48. The third kappa shape index (κ3) is 10.00. The monoisotopic (exact) mass is 416 g/mol. The van der Waals surface area contributed by atoms with Crippen molar-refractivity contribution in [3.05, 3.63) is 0 Å². The van der Waals surface area contributed by atoms with E-state index in [0.717, 1.165) is 64.2 Å². The average Bonchev–Trinajstić information content (AvgIpc) is 2.69. The van der Waals surface area contributed by atoms with E-state index in [2.05, 4.69) is 18.9 Å². The highest BCUT2D eigenvalue weighted by molar-refractivity contribution is 5.91. The minimum atomic E-state index is -0.953. The zero-order valence-electron chi connectivity index (χ0n) is 16.4. The number of carbonyl (C=O) groups is 4. The molecule has 29 heavy (non-hydrogen) atoms. The third-order valence-corrected chi connectivity index (χ3v) is 4.71. The maximum atomic E-state index is 11.5. The van der Waals surface area contributed by atoms with E-state index in [1.54, 1.807) is 0 Å². The molecule has 0 aromatic carbocycles. The molecule has 2 rings (SSSR count). The molecule has 0 aromatic heterocycles. The van der Waals surface area contributed by atoms with Crippen LogP contribution in [0, 0.1) is 0 Å². The molecule has 164 valence electrons. The van der Waals surface area contributed by atoms with Crippen molar-refractivity contribution in [1.29, 1.82) is 0 Å². The van der Waals surface area contributed by atoms with Gasteiger partial charge < -0.3 is 28.4 Å². The zero-order valence-corrected chi connectivity index (χ0v) is 16.4. The molecule has 0 N–H and O–H groups in total. The van der Waals surface area contributed by atoms with Crippen molar-refractivity contribution in [2.24, 2.45) is 0 Å². The van der Waals surface area contributed by atoms with E-state index in [1.807, 2.05) is 0 Å². The Morgan fingerprint density at radius 2 is 0.931 bits per heavy atom. The van der Waals surface area contributed by atoms with E-state index in [0.29, 0.717) is 0 Å². The van der Waals surface area contributed by atoms with Crippen molar-refractivity contribution in [2.45, 2.75) is 82.8 Å². The number of rotatable bonds is 8. The largest absolute Gasteiger partial charge is 0.511 e. The lowest BCUT2D eigenvalue weighted by atomic mass is 9.98. The van der Waals surface area contributed by atoms with Gasteiger partial charge in [0.05, 0.1) is 0 Å². The molecular formula is C19H28O10. The smallest absolute Gasteiger partial charge is 0.431 e. The van der Waals surface area contributed by atoms with Crippen LogP contribution in [0.5, 0.6) is 0 Å². The third-order valence-electron chi connectivity index (χ3n) is 4.71. The van der Waals surface area contributed by atoms with Crippen LogP contribution in [-0.2, 0) is 38.0 Å². The molecule has 0 bridgehead atoms. The van der Waals surface area contributed by atoms with E-state index in [9.17, 15) is 19.2 Å². The van der Waals surface area contributed by atoms with Crippen molar-refractivity contribution in [1.82, 2.24) is 0 Å². The molecule has 2 aliphatic carbocycles. The van der Waals surface area contributed by atoms with Crippen LogP contribution in [0.1, 0.15) is 70.6 Å². The topological polar surface area (TPSA) is 124 Å². The Balaban J connectivity index is 1.48. The lowest BCUT2D eigenvalue weighted by molar-refractivity contribution is -0.164. The summed E-state index contributed by atoms with van der Waals surface area (Å²) >= 11 is 0. The van der Waals surface area contributed by atoms with Gasteiger partial charge >= 0.3 is 24.2 Å². The summed E-state index contributed by atoms with van der Waals surface area (Å²) < 4.78 is 28.6. The fourth-order valence-electron chi connectivity index (χ4n) is 3.21. The SMILES string of the molecule is O=C(CC(=O)OCOC(=O)OC1CCCCC1)OCOC(=O)OC1CCCCC1. The second-order valence-corrected chi connectivity index (χ2v) is 6.99. The Hall–Kier alpha value is -2.52. The van der Waals surface area contributed by atoms with Crippen molar-refractivity contribution in [3.8, 4) is 0 Å². The van der Waals surface area contributed by atoms with Gasteiger partial charge in [-0.25, -0.2) is 9.59 Å². The van der Waals surface area contributed by atoms with Gasteiger partial charge in [-0.05, 0) is 51.4 Å². The van der Waals surface area contributed by atoms with E-state index >= 15 is 0 Å². The van der Waals surface area contributed by atoms with Crippen molar-refractivity contribution < 1.29 is 47.6 Å². The first-order chi connectivity index (χ1) is 14.0. The Kier molecular flexibility index (Phi) is 10.1. The molecule has 10 heteroatoms. The van der Waals surface area contributed by atoms with Crippen LogP contribution in [0.25, 0.3) is 0 Å². The summed E-state index contributed by atoms with van der Waals surface area (Å²) in [5, 5.41) is 0. The highest BCUT2D eigenvalue weighted by Gasteiger charge is 2.20. The molecule has 2 aliphatic rings. The molecule has 0 aromatic rings. The molecular weight excluding hydrogens is 388 g/mol. The molecule has 2 fully saturated rings. The summed E-state index contributed by atoms with van der Waals surface area (Å²) in [6, 6.07) is 0. The van der Waals surface area contributed by atoms with Crippen LogP contribution >= 0.6 is 0 Å². The summed E-state index contributed by atoms with van der Waals surface area (Å²) in [5.74, 6) is -1.91. The zero-order chi connectivity index (χ0) is 20.9. The summed E-state index contributed by atoms with van der Waals surface area (Å²) in [6.45, 7) is -1.33. The highest BCUT2D eigenvalue weighted by atomic mass is 16.8. The van der Waals surface area contributed by atoms with Gasteiger partial charge in [-0.3, -0.25) is 9.59 Å². The summed E-state index contributed by atoms with van der Waals surface area (Å²) in [7, 11) is 0. The van der Waals surface area contributed by atoms with Gasteiger partial charge in [0.2, 0.25) is 13.6 Å². The Morgan fingerprint density at radius 1 is 0.552 bits per heavy atom. The van der Waals surface area contributed by atoms with Crippen LogP contribution in [0.4, 0.5) is 9.59 Å². The van der Waals surface area contributed by atoms with Crippen LogP contribution in [0.3, 0.4) is 0 Å². The van der Waals surface area contributed by atoms with Gasteiger partial charge in [0.15, 0.2) is 0 Å². The van der Waals surface area contributed by atoms with Gasteiger partial charge in [0.25, 0.3) is 0 Å². The van der Waals surface area contributed by atoms with Crippen molar-refractivity contribution in [3.63, 3.8) is 0 Å². The van der Waals surface area contributed by atoms with Gasteiger partial charge in [0, 0.05) is 0 Å². The number of hydrogen-bond acceptors (Lipinski definition) is 10. The predicted octanol–water partition coefficient (Wildman–Crippen LogP) is 3.35. The molecule has 0 spiro atoms. The fraction of sp³-hybridized carbons (Fsp3) is 0.789. The normalized spacial score (nSPS) is 17.7. The molecule has 10 nitrogen and oxygen atoms in total. The molecule has 0 saturated heterocycles. The first-order valence-electron chi connectivity index (χ1n) is 10.0. The minimum Gasteiger partial charge on any atom is -0.431 e. The molecule has 0 atom stereocenters. The van der Waals surface area contributed by atoms with Gasteiger partial charge in [-0.2, -0.15) is 0 Å². The quantitative estimate of drug-likeness (QED) is 0.252.